The van der Waals surface area contributed by atoms with Gasteiger partial charge in [0, 0.05) is 48.4 Å². The van der Waals surface area contributed by atoms with Gasteiger partial charge in [0.05, 0.1) is 36.7 Å². The predicted molar refractivity (Wildman–Crippen MR) is 147 cm³/mol. The van der Waals surface area contributed by atoms with Crippen molar-refractivity contribution < 1.29 is 9.47 Å². The minimum atomic E-state index is -0.116. The van der Waals surface area contributed by atoms with Gasteiger partial charge in [-0.3, -0.25) is 10.00 Å². The van der Waals surface area contributed by atoms with E-state index in [9.17, 15) is 0 Å². The lowest BCUT2D eigenvalue weighted by Crippen LogP contribution is -2.37. The molecular formula is C29H30N6O2. The Balaban J connectivity index is 1.23. The van der Waals surface area contributed by atoms with Crippen LogP contribution in [0.25, 0.3) is 34.4 Å². The van der Waals surface area contributed by atoms with Crippen LogP contribution >= 0.6 is 0 Å². The van der Waals surface area contributed by atoms with Gasteiger partial charge in [-0.05, 0) is 36.8 Å². The van der Waals surface area contributed by atoms with Crippen molar-refractivity contribution in [2.45, 2.75) is 12.5 Å². The number of hydrogen-bond acceptors (Lipinski definition) is 7. The number of aromatic nitrogens is 4. The number of fused-ring (bicyclic) bond motifs is 2. The van der Waals surface area contributed by atoms with Gasteiger partial charge in [0.25, 0.3) is 0 Å². The summed E-state index contributed by atoms with van der Waals surface area (Å²) in [4.78, 5) is 12.3. The van der Waals surface area contributed by atoms with Gasteiger partial charge in [-0.25, -0.2) is 9.97 Å². The molecule has 0 amide bonds. The van der Waals surface area contributed by atoms with E-state index in [0.29, 0.717) is 12.4 Å². The molecule has 8 heteroatoms. The van der Waals surface area contributed by atoms with Crippen LogP contribution in [0, 0.1) is 0 Å². The van der Waals surface area contributed by atoms with Crippen LogP contribution in [0.5, 0.6) is 0 Å². The molecule has 3 heterocycles. The summed E-state index contributed by atoms with van der Waals surface area (Å²) in [5.74, 6) is 1.43. The Bertz CT molecular complexity index is 1410. The fourth-order valence-electron chi connectivity index (χ4n) is 4.63. The van der Waals surface area contributed by atoms with Crippen molar-refractivity contribution in [1.29, 1.82) is 0 Å². The van der Waals surface area contributed by atoms with Crippen LogP contribution in [0.1, 0.15) is 17.7 Å². The first-order valence-electron chi connectivity index (χ1n) is 12.8. The number of nitrogens with zero attached hydrogens (tertiary/aromatic N) is 4. The zero-order chi connectivity index (χ0) is 24.9. The topological polar surface area (TPSA) is 88.2 Å². The summed E-state index contributed by atoms with van der Waals surface area (Å²) in [6.07, 6.45) is 10.9. The van der Waals surface area contributed by atoms with E-state index in [-0.39, 0.29) is 6.10 Å². The lowest BCUT2D eigenvalue weighted by molar-refractivity contribution is 0.0307. The van der Waals surface area contributed by atoms with Crippen LogP contribution in [-0.2, 0) is 9.47 Å². The molecule has 6 rings (SSSR count). The quantitative estimate of drug-likeness (QED) is 0.337. The maximum absolute atomic E-state index is 6.19. The molecule has 0 radical (unpaired) electrons. The van der Waals surface area contributed by atoms with Crippen LogP contribution < -0.4 is 5.32 Å². The summed E-state index contributed by atoms with van der Waals surface area (Å²) in [6, 6.07) is 16.1. The first-order valence-corrected chi connectivity index (χ1v) is 12.8. The molecule has 8 nitrogen and oxygen atoms in total. The van der Waals surface area contributed by atoms with E-state index in [2.05, 4.69) is 44.7 Å². The average Bonchev–Trinajstić information content (AvgIpc) is 3.31. The molecule has 1 aliphatic heterocycles. The highest BCUT2D eigenvalue weighted by Gasteiger charge is 2.16. The number of aromatic amines is 1. The SMILES string of the molecule is C1=CC(OCCCN2CCOCC2)C=Cc2c1nc(-c1ccccc1)nc2Nc1ccc2[nH]ncc2c1. The van der Waals surface area contributed by atoms with Crippen LogP contribution in [-0.4, -0.2) is 70.6 Å². The van der Waals surface area contributed by atoms with Crippen molar-refractivity contribution in [3.8, 4) is 11.4 Å². The molecule has 0 saturated carbocycles. The second kappa shape index (κ2) is 11.0. The van der Waals surface area contributed by atoms with E-state index >= 15 is 0 Å². The third-order valence-corrected chi connectivity index (χ3v) is 6.64. The van der Waals surface area contributed by atoms with E-state index in [1.807, 2.05) is 54.7 Å². The lowest BCUT2D eigenvalue weighted by atomic mass is 10.1. The summed E-state index contributed by atoms with van der Waals surface area (Å²) in [7, 11) is 0. The van der Waals surface area contributed by atoms with Crippen LogP contribution in [0.2, 0.25) is 0 Å². The zero-order valence-corrected chi connectivity index (χ0v) is 20.6. The first kappa shape index (κ1) is 23.5. The Morgan fingerprint density at radius 1 is 1.03 bits per heavy atom. The molecule has 4 aromatic rings. The molecule has 1 atom stereocenters. The standard InChI is InChI=1S/C29H30N6O2/c1-2-5-21(6-3-1)28-32-27-12-9-24(37-16-4-13-35-14-17-36-18-15-35)8-10-25(27)29(33-28)31-23-7-11-26-22(19-23)20-30-34-26/h1-3,5-12,19-20,24H,4,13-18H2,(H,30,34)(H,31,32,33). The molecule has 188 valence electrons. The number of morpholine rings is 1. The molecule has 2 N–H and O–H groups in total. The van der Waals surface area contributed by atoms with Crippen LogP contribution in [0.4, 0.5) is 11.5 Å². The lowest BCUT2D eigenvalue weighted by Gasteiger charge is -2.26. The molecule has 2 aromatic heterocycles. The number of nitrogens with one attached hydrogen (secondary N) is 2. The Kier molecular flexibility index (Phi) is 7.03. The fraction of sp³-hybridized carbons (Fsp3) is 0.276. The maximum atomic E-state index is 6.19. The number of anilines is 2. The largest absolute Gasteiger partial charge is 0.379 e. The van der Waals surface area contributed by atoms with Crippen molar-refractivity contribution in [1.82, 2.24) is 25.1 Å². The second-order valence-corrected chi connectivity index (χ2v) is 9.22. The average molecular weight is 495 g/mol. The number of rotatable bonds is 8. The van der Waals surface area contributed by atoms with Gasteiger partial charge in [0.1, 0.15) is 5.82 Å². The normalized spacial score (nSPS) is 17.6. The third kappa shape index (κ3) is 5.61. The highest BCUT2D eigenvalue weighted by Crippen LogP contribution is 2.30. The van der Waals surface area contributed by atoms with Crippen molar-refractivity contribution >= 4 is 34.6 Å². The monoisotopic (exact) mass is 494 g/mol. The van der Waals surface area contributed by atoms with Crippen molar-refractivity contribution in [3.05, 3.63) is 78.1 Å². The van der Waals surface area contributed by atoms with E-state index in [4.69, 9.17) is 19.4 Å². The number of hydrogen-bond donors (Lipinski definition) is 2. The predicted octanol–water partition coefficient (Wildman–Crippen LogP) is 4.91. The van der Waals surface area contributed by atoms with Gasteiger partial charge in [0.2, 0.25) is 0 Å². The zero-order valence-electron chi connectivity index (χ0n) is 20.6. The van der Waals surface area contributed by atoms with Gasteiger partial charge >= 0.3 is 0 Å². The van der Waals surface area contributed by atoms with Gasteiger partial charge in [-0.1, -0.05) is 42.5 Å². The molecule has 37 heavy (non-hydrogen) atoms. The second-order valence-electron chi connectivity index (χ2n) is 9.22. The van der Waals surface area contributed by atoms with Crippen molar-refractivity contribution in [3.63, 3.8) is 0 Å². The molecule has 0 bridgehead atoms. The van der Waals surface area contributed by atoms with E-state index < -0.39 is 0 Å². The van der Waals surface area contributed by atoms with Crippen molar-refractivity contribution in [2.24, 2.45) is 0 Å². The molecule has 1 saturated heterocycles. The van der Waals surface area contributed by atoms with Gasteiger partial charge < -0.3 is 14.8 Å². The summed E-state index contributed by atoms with van der Waals surface area (Å²) < 4.78 is 11.6. The smallest absolute Gasteiger partial charge is 0.162 e. The Morgan fingerprint density at radius 3 is 2.78 bits per heavy atom. The van der Waals surface area contributed by atoms with E-state index in [1.54, 1.807) is 0 Å². The third-order valence-electron chi connectivity index (χ3n) is 6.64. The Hall–Kier alpha value is -3.85. The molecule has 2 aliphatic rings. The van der Waals surface area contributed by atoms with Gasteiger partial charge in [-0.15, -0.1) is 0 Å². The highest BCUT2D eigenvalue weighted by atomic mass is 16.5. The Morgan fingerprint density at radius 2 is 1.89 bits per heavy atom. The summed E-state index contributed by atoms with van der Waals surface area (Å²) in [6.45, 7) is 5.39. The van der Waals surface area contributed by atoms with Gasteiger partial charge in [0.15, 0.2) is 5.82 Å². The molecule has 1 unspecified atom stereocenters. The minimum Gasteiger partial charge on any atom is -0.379 e. The summed E-state index contributed by atoms with van der Waals surface area (Å²) in [5, 5.41) is 11.7. The summed E-state index contributed by atoms with van der Waals surface area (Å²) >= 11 is 0. The number of benzene rings is 2. The number of ether oxygens (including phenoxy) is 2. The fourth-order valence-corrected chi connectivity index (χ4v) is 4.63. The molecular weight excluding hydrogens is 464 g/mol. The Labute approximate surface area is 216 Å². The van der Waals surface area contributed by atoms with Gasteiger partial charge in [-0.2, -0.15) is 5.10 Å². The minimum absolute atomic E-state index is 0.116. The summed E-state index contributed by atoms with van der Waals surface area (Å²) in [5.41, 5.74) is 4.69. The van der Waals surface area contributed by atoms with Crippen molar-refractivity contribution in [2.75, 3.05) is 44.8 Å². The first-order chi connectivity index (χ1) is 18.3. The highest BCUT2D eigenvalue weighted by molar-refractivity contribution is 5.84. The molecule has 1 fully saturated rings. The van der Waals surface area contributed by atoms with E-state index in [1.165, 1.54) is 0 Å². The molecule has 0 spiro atoms. The van der Waals surface area contributed by atoms with E-state index in [0.717, 1.165) is 78.5 Å². The number of H-pyrrole nitrogens is 1. The van der Waals surface area contributed by atoms with Crippen LogP contribution in [0.3, 0.4) is 0 Å². The maximum Gasteiger partial charge on any atom is 0.162 e. The van der Waals surface area contributed by atoms with Crippen LogP contribution in [0.15, 0.2) is 66.9 Å². The molecule has 1 aliphatic carbocycles. The molecule has 2 aromatic carbocycles.